The molecule has 0 heterocycles. The molecule has 0 fully saturated rings. The van der Waals surface area contributed by atoms with Gasteiger partial charge in [0.15, 0.2) is 0 Å². The Bertz CT molecular complexity index is 529. The van der Waals surface area contributed by atoms with Gasteiger partial charge in [0.2, 0.25) is 11.8 Å². The van der Waals surface area contributed by atoms with Gasteiger partial charge in [0.25, 0.3) is 0 Å². The number of hydrogen-bond acceptors (Lipinski definition) is 5. The van der Waals surface area contributed by atoms with E-state index in [1.165, 1.54) is 12.1 Å². The van der Waals surface area contributed by atoms with Crippen molar-refractivity contribution in [1.29, 1.82) is 0 Å². The van der Waals surface area contributed by atoms with Crippen LogP contribution in [0.2, 0.25) is 0 Å². The van der Waals surface area contributed by atoms with Gasteiger partial charge < -0.3 is 27.0 Å². The van der Waals surface area contributed by atoms with E-state index in [1.807, 2.05) is 0 Å². The fourth-order valence-electron chi connectivity index (χ4n) is 1.66. The van der Waals surface area contributed by atoms with Gasteiger partial charge in [-0.2, -0.15) is 0 Å². The fourth-order valence-corrected chi connectivity index (χ4v) is 1.66. The molecule has 0 spiro atoms. The van der Waals surface area contributed by atoms with E-state index < -0.39 is 29.9 Å². The Morgan fingerprint density at radius 2 is 1.76 bits per heavy atom. The number of carbonyl (C=O) groups excluding carboxylic acids is 2. The van der Waals surface area contributed by atoms with Crippen molar-refractivity contribution in [2.24, 2.45) is 11.5 Å². The van der Waals surface area contributed by atoms with Gasteiger partial charge in [-0.05, 0) is 17.7 Å². The first-order chi connectivity index (χ1) is 9.79. The van der Waals surface area contributed by atoms with Gasteiger partial charge in [0, 0.05) is 6.42 Å². The summed E-state index contributed by atoms with van der Waals surface area (Å²) in [7, 11) is 0. The van der Waals surface area contributed by atoms with Crippen molar-refractivity contribution >= 4 is 17.8 Å². The molecule has 1 unspecified atom stereocenters. The third kappa shape index (κ3) is 5.49. The minimum atomic E-state index is -1.23. The predicted octanol–water partition coefficient (Wildman–Crippen LogP) is -1.29. The number of rotatable bonds is 7. The molecule has 2 amide bonds. The maximum atomic E-state index is 11.7. The summed E-state index contributed by atoms with van der Waals surface area (Å²) < 4.78 is 0. The van der Waals surface area contributed by atoms with E-state index in [4.69, 9.17) is 21.7 Å². The number of phenolic OH excluding ortho intramolecular Hbond substituents is 1. The number of carbonyl (C=O) groups is 3. The van der Waals surface area contributed by atoms with Gasteiger partial charge in [0.05, 0.1) is 12.5 Å². The summed E-state index contributed by atoms with van der Waals surface area (Å²) in [5.74, 6) is -2.69. The molecule has 1 rings (SSSR count). The fraction of sp³-hybridized carbons (Fsp3) is 0.308. The maximum Gasteiger partial charge on any atom is 0.326 e. The minimum absolute atomic E-state index is 0.0185. The average molecular weight is 295 g/mol. The molecule has 114 valence electrons. The molecule has 0 aliphatic heterocycles. The van der Waals surface area contributed by atoms with Crippen LogP contribution < -0.4 is 16.8 Å². The first-order valence-electron chi connectivity index (χ1n) is 6.14. The van der Waals surface area contributed by atoms with Crippen LogP contribution in [-0.4, -0.2) is 40.1 Å². The van der Waals surface area contributed by atoms with Crippen molar-refractivity contribution in [1.82, 2.24) is 5.32 Å². The number of benzene rings is 1. The van der Waals surface area contributed by atoms with Crippen molar-refractivity contribution in [2.75, 3.05) is 0 Å². The highest BCUT2D eigenvalue weighted by molar-refractivity contribution is 5.90. The van der Waals surface area contributed by atoms with Crippen LogP contribution in [-0.2, 0) is 20.8 Å². The van der Waals surface area contributed by atoms with E-state index in [2.05, 4.69) is 5.32 Å². The highest BCUT2D eigenvalue weighted by Gasteiger charge is 2.24. The molecule has 21 heavy (non-hydrogen) atoms. The summed E-state index contributed by atoms with van der Waals surface area (Å²) in [5.41, 5.74) is 11.0. The predicted molar refractivity (Wildman–Crippen MR) is 73.2 cm³/mol. The van der Waals surface area contributed by atoms with Crippen LogP contribution in [0, 0.1) is 0 Å². The van der Waals surface area contributed by atoms with E-state index in [0.29, 0.717) is 5.56 Å². The van der Waals surface area contributed by atoms with Crippen LogP contribution in [0.4, 0.5) is 0 Å². The van der Waals surface area contributed by atoms with Crippen molar-refractivity contribution in [3.8, 4) is 5.75 Å². The Morgan fingerprint density at radius 1 is 1.19 bits per heavy atom. The Balaban J connectivity index is 2.69. The zero-order valence-electron chi connectivity index (χ0n) is 11.2. The van der Waals surface area contributed by atoms with Gasteiger partial charge in [0.1, 0.15) is 11.8 Å². The molecule has 0 aromatic heterocycles. The SMILES string of the molecule is NC(=O)CC(N)C(=O)N[C@@H](Cc1ccc(O)cc1)C(=O)O. The summed E-state index contributed by atoms with van der Waals surface area (Å²) >= 11 is 0. The van der Waals surface area contributed by atoms with Gasteiger partial charge in [-0.1, -0.05) is 12.1 Å². The van der Waals surface area contributed by atoms with Crippen LogP contribution in [0.15, 0.2) is 24.3 Å². The Hall–Kier alpha value is -2.61. The highest BCUT2D eigenvalue weighted by Crippen LogP contribution is 2.11. The summed E-state index contributed by atoms with van der Waals surface area (Å²) in [6.07, 6.45) is -0.345. The number of aromatic hydroxyl groups is 1. The van der Waals surface area contributed by atoms with E-state index in [0.717, 1.165) is 0 Å². The Morgan fingerprint density at radius 3 is 2.24 bits per heavy atom. The first kappa shape index (κ1) is 16.4. The number of carboxylic acid groups (broad SMARTS) is 1. The molecule has 7 N–H and O–H groups in total. The van der Waals surface area contributed by atoms with E-state index >= 15 is 0 Å². The first-order valence-corrected chi connectivity index (χ1v) is 6.14. The monoisotopic (exact) mass is 295 g/mol. The van der Waals surface area contributed by atoms with Crippen LogP contribution in [0.3, 0.4) is 0 Å². The lowest BCUT2D eigenvalue weighted by Crippen LogP contribution is -2.50. The third-order valence-electron chi connectivity index (χ3n) is 2.75. The zero-order chi connectivity index (χ0) is 16.0. The summed E-state index contributed by atoms with van der Waals surface area (Å²) in [6.45, 7) is 0. The molecule has 0 aliphatic carbocycles. The van der Waals surface area contributed by atoms with Crippen molar-refractivity contribution in [3.05, 3.63) is 29.8 Å². The molecule has 0 aliphatic rings. The number of aliphatic carboxylic acids is 1. The summed E-state index contributed by atoms with van der Waals surface area (Å²) in [5, 5.41) is 20.5. The van der Waals surface area contributed by atoms with E-state index in [-0.39, 0.29) is 18.6 Å². The number of carboxylic acids is 1. The molecule has 8 heteroatoms. The third-order valence-corrected chi connectivity index (χ3v) is 2.75. The summed E-state index contributed by atoms with van der Waals surface area (Å²) in [6, 6.07) is 3.52. The van der Waals surface area contributed by atoms with Crippen molar-refractivity contribution in [2.45, 2.75) is 24.9 Å². The van der Waals surface area contributed by atoms with Crippen LogP contribution in [0.25, 0.3) is 0 Å². The van der Waals surface area contributed by atoms with Crippen LogP contribution >= 0.6 is 0 Å². The van der Waals surface area contributed by atoms with Gasteiger partial charge in [-0.25, -0.2) is 4.79 Å². The molecule has 0 radical (unpaired) electrons. The smallest absolute Gasteiger partial charge is 0.326 e. The number of phenols is 1. The number of nitrogens with one attached hydrogen (secondary N) is 1. The quantitative estimate of drug-likeness (QED) is 0.421. The molecule has 0 bridgehead atoms. The lowest BCUT2D eigenvalue weighted by molar-refractivity contribution is -0.142. The van der Waals surface area contributed by atoms with Crippen LogP contribution in [0.1, 0.15) is 12.0 Å². The molecule has 1 aromatic rings. The molecular weight excluding hydrogens is 278 g/mol. The van der Waals surface area contributed by atoms with E-state index in [9.17, 15) is 14.4 Å². The second-order valence-electron chi connectivity index (χ2n) is 4.55. The molecular formula is C13H17N3O5. The van der Waals surface area contributed by atoms with Gasteiger partial charge in [-0.3, -0.25) is 9.59 Å². The minimum Gasteiger partial charge on any atom is -0.508 e. The van der Waals surface area contributed by atoms with Gasteiger partial charge in [-0.15, -0.1) is 0 Å². The number of amides is 2. The molecule has 0 saturated carbocycles. The average Bonchev–Trinajstić information content (AvgIpc) is 2.39. The second kappa shape index (κ2) is 7.25. The lowest BCUT2D eigenvalue weighted by Gasteiger charge is -2.17. The largest absolute Gasteiger partial charge is 0.508 e. The number of primary amides is 1. The Labute approximate surface area is 120 Å². The zero-order valence-corrected chi connectivity index (χ0v) is 11.2. The standard InChI is InChI=1S/C13H17N3O5/c14-9(6-11(15)18)12(19)16-10(13(20)21)5-7-1-3-8(17)4-2-7/h1-4,9-10,17H,5-6,14H2,(H2,15,18)(H,16,19)(H,20,21)/t9?,10-/m0/s1. The lowest BCUT2D eigenvalue weighted by atomic mass is 10.0. The van der Waals surface area contributed by atoms with Crippen molar-refractivity contribution in [3.63, 3.8) is 0 Å². The molecule has 0 saturated heterocycles. The normalized spacial score (nSPS) is 13.2. The Kier molecular flexibility index (Phi) is 5.67. The maximum absolute atomic E-state index is 11.7. The summed E-state index contributed by atoms with van der Waals surface area (Å²) in [4.78, 5) is 33.5. The molecule has 8 nitrogen and oxygen atoms in total. The van der Waals surface area contributed by atoms with Crippen LogP contribution in [0.5, 0.6) is 5.75 Å². The number of hydrogen-bond donors (Lipinski definition) is 5. The topological polar surface area (TPSA) is 156 Å². The van der Waals surface area contributed by atoms with Crippen molar-refractivity contribution < 1.29 is 24.6 Å². The molecule has 2 atom stereocenters. The highest BCUT2D eigenvalue weighted by atomic mass is 16.4. The number of nitrogens with two attached hydrogens (primary N) is 2. The van der Waals surface area contributed by atoms with Gasteiger partial charge >= 0.3 is 5.97 Å². The second-order valence-corrected chi connectivity index (χ2v) is 4.55. The van der Waals surface area contributed by atoms with E-state index in [1.54, 1.807) is 12.1 Å². The molecule has 1 aromatic carbocycles.